The van der Waals surface area contributed by atoms with Crippen LogP contribution in [0.4, 0.5) is 8.78 Å². The first-order chi connectivity index (χ1) is 8.18. The molecule has 3 nitrogen and oxygen atoms in total. The molecule has 0 atom stereocenters. The number of amides is 1. The van der Waals surface area contributed by atoms with Gasteiger partial charge in [-0.3, -0.25) is 4.79 Å². The largest absolute Gasteiger partial charge is 0.375 e. The minimum atomic E-state index is -2.48. The van der Waals surface area contributed by atoms with Gasteiger partial charge in [0.25, 0.3) is 6.43 Å². The van der Waals surface area contributed by atoms with Gasteiger partial charge >= 0.3 is 0 Å². The van der Waals surface area contributed by atoms with Gasteiger partial charge in [0.1, 0.15) is 6.61 Å². The molecule has 0 aliphatic carbocycles. The molecule has 0 heterocycles. The molecular weight excluding hydrogens is 228 g/mol. The molecular formula is C12H15F2NO2. The molecule has 1 amide bonds. The fourth-order valence-electron chi connectivity index (χ4n) is 1.22. The highest BCUT2D eigenvalue weighted by Crippen LogP contribution is 1.98. The number of benzene rings is 1. The molecule has 0 aromatic heterocycles. The molecule has 1 N–H and O–H groups in total. The first-order valence-corrected chi connectivity index (χ1v) is 5.35. The second kappa shape index (κ2) is 7.73. The van der Waals surface area contributed by atoms with Gasteiger partial charge in [-0.25, -0.2) is 8.78 Å². The van der Waals surface area contributed by atoms with Crippen LogP contribution in [0.15, 0.2) is 30.3 Å². The molecule has 0 saturated heterocycles. The minimum absolute atomic E-state index is 0.0188. The van der Waals surface area contributed by atoms with E-state index in [1.165, 1.54) is 0 Å². The highest BCUT2D eigenvalue weighted by Gasteiger charge is 2.04. The van der Waals surface area contributed by atoms with E-state index in [2.05, 4.69) is 10.1 Å². The van der Waals surface area contributed by atoms with Gasteiger partial charge in [-0.1, -0.05) is 30.3 Å². The summed E-state index contributed by atoms with van der Waals surface area (Å²) in [5, 5.41) is 2.68. The first kappa shape index (κ1) is 13.6. The molecule has 0 spiro atoms. The van der Waals surface area contributed by atoms with Gasteiger partial charge in [-0.05, 0) is 5.56 Å². The summed E-state index contributed by atoms with van der Waals surface area (Å²) in [5.41, 5.74) is 0.995. The summed E-state index contributed by atoms with van der Waals surface area (Å²) >= 11 is 0. The van der Waals surface area contributed by atoms with Crippen LogP contribution < -0.4 is 5.32 Å². The van der Waals surface area contributed by atoms with Crippen LogP contribution in [0.2, 0.25) is 0 Å². The predicted octanol–water partition coefficient (Wildman–Crippen LogP) is 1.97. The third-order valence-corrected chi connectivity index (χ3v) is 2.05. The molecule has 0 aliphatic rings. The van der Waals surface area contributed by atoms with E-state index in [9.17, 15) is 13.6 Å². The lowest BCUT2D eigenvalue weighted by Gasteiger charge is -2.06. The molecule has 1 aromatic rings. The fourth-order valence-corrected chi connectivity index (χ4v) is 1.22. The Hall–Kier alpha value is -1.49. The van der Waals surface area contributed by atoms with Gasteiger partial charge in [0.15, 0.2) is 0 Å². The number of nitrogens with one attached hydrogen (secondary N) is 1. The van der Waals surface area contributed by atoms with Gasteiger partial charge in [0, 0.05) is 13.0 Å². The number of rotatable bonds is 7. The lowest BCUT2D eigenvalue weighted by molar-refractivity contribution is -0.122. The number of alkyl halides is 2. The number of hydrogen-bond acceptors (Lipinski definition) is 2. The van der Waals surface area contributed by atoms with Crippen molar-refractivity contribution in [1.29, 1.82) is 0 Å². The third kappa shape index (κ3) is 6.63. The van der Waals surface area contributed by atoms with Gasteiger partial charge < -0.3 is 10.1 Å². The van der Waals surface area contributed by atoms with Crippen molar-refractivity contribution in [3.63, 3.8) is 0 Å². The fraction of sp³-hybridized carbons (Fsp3) is 0.417. The SMILES string of the molecule is O=C(CCOCC(F)F)NCc1ccccc1. The van der Waals surface area contributed by atoms with Gasteiger partial charge in [0.2, 0.25) is 5.91 Å². The van der Waals surface area contributed by atoms with E-state index in [-0.39, 0.29) is 18.9 Å². The lowest BCUT2D eigenvalue weighted by atomic mass is 10.2. The van der Waals surface area contributed by atoms with Crippen LogP contribution >= 0.6 is 0 Å². The van der Waals surface area contributed by atoms with Crippen molar-refractivity contribution in [1.82, 2.24) is 5.32 Å². The Morgan fingerprint density at radius 2 is 2.00 bits per heavy atom. The van der Waals surface area contributed by atoms with Crippen molar-refractivity contribution in [2.45, 2.75) is 19.4 Å². The molecule has 0 aliphatic heterocycles. The van der Waals surface area contributed by atoms with Crippen LogP contribution in [0.5, 0.6) is 0 Å². The summed E-state index contributed by atoms with van der Waals surface area (Å²) in [5.74, 6) is -0.205. The Labute approximate surface area is 98.8 Å². The number of carbonyl (C=O) groups excluding carboxylic acids is 1. The van der Waals surface area contributed by atoms with Crippen molar-refractivity contribution in [2.24, 2.45) is 0 Å². The van der Waals surface area contributed by atoms with E-state index >= 15 is 0 Å². The number of hydrogen-bond donors (Lipinski definition) is 1. The summed E-state index contributed by atoms with van der Waals surface area (Å²) in [4.78, 5) is 11.3. The van der Waals surface area contributed by atoms with Gasteiger partial charge in [-0.2, -0.15) is 0 Å². The summed E-state index contributed by atoms with van der Waals surface area (Å²) in [6.45, 7) is -0.161. The normalized spacial score (nSPS) is 10.5. The summed E-state index contributed by atoms with van der Waals surface area (Å²) in [6, 6.07) is 9.45. The third-order valence-electron chi connectivity index (χ3n) is 2.05. The smallest absolute Gasteiger partial charge is 0.261 e. The molecule has 0 fully saturated rings. The van der Waals surface area contributed by atoms with Crippen molar-refractivity contribution >= 4 is 5.91 Å². The highest BCUT2D eigenvalue weighted by molar-refractivity contribution is 5.75. The van der Waals surface area contributed by atoms with Crippen LogP contribution in [0.3, 0.4) is 0 Å². The molecule has 0 unspecified atom stereocenters. The Morgan fingerprint density at radius 3 is 2.65 bits per heavy atom. The van der Waals surface area contributed by atoms with E-state index in [0.717, 1.165) is 5.56 Å². The van der Waals surface area contributed by atoms with Crippen LogP contribution in [0.25, 0.3) is 0 Å². The zero-order chi connectivity index (χ0) is 12.5. The van der Waals surface area contributed by atoms with Crippen LogP contribution in [0.1, 0.15) is 12.0 Å². The summed E-state index contributed by atoms with van der Waals surface area (Å²) in [6.07, 6.45) is -2.39. The maximum absolute atomic E-state index is 11.7. The van der Waals surface area contributed by atoms with E-state index in [0.29, 0.717) is 6.54 Å². The maximum Gasteiger partial charge on any atom is 0.261 e. The Bertz CT molecular complexity index is 331. The zero-order valence-electron chi connectivity index (χ0n) is 9.36. The molecule has 0 bridgehead atoms. The minimum Gasteiger partial charge on any atom is -0.375 e. The number of carbonyl (C=O) groups is 1. The molecule has 94 valence electrons. The van der Waals surface area contributed by atoms with Crippen molar-refractivity contribution in [2.75, 3.05) is 13.2 Å². The summed E-state index contributed by atoms with van der Waals surface area (Å²) < 4.78 is 28.0. The first-order valence-electron chi connectivity index (χ1n) is 5.35. The predicted molar refractivity (Wildman–Crippen MR) is 59.7 cm³/mol. The monoisotopic (exact) mass is 243 g/mol. The van der Waals surface area contributed by atoms with Crippen molar-refractivity contribution in [3.05, 3.63) is 35.9 Å². The average molecular weight is 243 g/mol. The molecule has 1 aromatic carbocycles. The standard InChI is InChI=1S/C12H15F2NO2/c13-11(14)9-17-7-6-12(16)15-8-10-4-2-1-3-5-10/h1-5,11H,6-9H2,(H,15,16). The van der Waals surface area contributed by atoms with Crippen LogP contribution in [-0.2, 0) is 16.1 Å². The average Bonchev–Trinajstić information content (AvgIpc) is 2.33. The summed E-state index contributed by atoms with van der Waals surface area (Å²) in [7, 11) is 0. The molecule has 1 rings (SSSR count). The Kier molecular flexibility index (Phi) is 6.17. The van der Waals surface area contributed by atoms with E-state index in [4.69, 9.17) is 0 Å². The second-order valence-corrected chi connectivity index (χ2v) is 3.48. The number of halogens is 2. The topological polar surface area (TPSA) is 38.3 Å². The van der Waals surface area contributed by atoms with Crippen LogP contribution in [-0.4, -0.2) is 25.5 Å². The second-order valence-electron chi connectivity index (χ2n) is 3.48. The lowest BCUT2D eigenvalue weighted by Crippen LogP contribution is -2.24. The molecule has 0 saturated carbocycles. The quantitative estimate of drug-likeness (QED) is 0.743. The maximum atomic E-state index is 11.7. The molecule has 5 heteroatoms. The molecule has 0 radical (unpaired) electrons. The zero-order valence-corrected chi connectivity index (χ0v) is 9.36. The van der Waals surface area contributed by atoms with E-state index in [1.807, 2.05) is 30.3 Å². The van der Waals surface area contributed by atoms with E-state index in [1.54, 1.807) is 0 Å². The Balaban J connectivity index is 2.09. The number of ether oxygens (including phenoxy) is 1. The van der Waals surface area contributed by atoms with Crippen LogP contribution in [0, 0.1) is 0 Å². The van der Waals surface area contributed by atoms with Crippen molar-refractivity contribution < 1.29 is 18.3 Å². The highest BCUT2D eigenvalue weighted by atomic mass is 19.3. The van der Waals surface area contributed by atoms with E-state index < -0.39 is 13.0 Å². The van der Waals surface area contributed by atoms with Crippen molar-refractivity contribution in [3.8, 4) is 0 Å². The van der Waals surface area contributed by atoms with Gasteiger partial charge in [0.05, 0.1) is 6.61 Å². The van der Waals surface area contributed by atoms with Gasteiger partial charge in [-0.15, -0.1) is 0 Å². The Morgan fingerprint density at radius 1 is 1.29 bits per heavy atom. The molecule has 17 heavy (non-hydrogen) atoms.